The molecule has 0 saturated heterocycles. The van der Waals surface area contributed by atoms with E-state index in [1.807, 2.05) is 18.2 Å². The first-order valence-corrected chi connectivity index (χ1v) is 2.53. The average molecular weight is 120 g/mol. The van der Waals surface area contributed by atoms with E-state index < -0.39 is 0 Å². The van der Waals surface area contributed by atoms with Crippen LogP contribution in [0.25, 0.3) is 10.4 Å². The summed E-state index contributed by atoms with van der Waals surface area (Å²) >= 11 is 0. The van der Waals surface area contributed by atoms with Gasteiger partial charge < -0.3 is 0 Å². The van der Waals surface area contributed by atoms with E-state index in [2.05, 4.69) is 10.0 Å². The van der Waals surface area contributed by atoms with Crippen molar-refractivity contribution in [2.24, 2.45) is 5.11 Å². The Bertz CT molecular complexity index is 223. The molecule has 0 aliphatic rings. The molecular formula is C6H5N3. The fourth-order valence-electron chi connectivity index (χ4n) is 0.546. The van der Waals surface area contributed by atoms with Crippen LogP contribution in [0.1, 0.15) is 0 Å². The van der Waals surface area contributed by atoms with Crippen LogP contribution >= 0.6 is 0 Å². The molecule has 9 heavy (non-hydrogen) atoms. The standard InChI is InChI=1S/C6H5N3/c7-9-8-6-4-2-1-3-5-6/h1-5H/i9+1. The lowest BCUT2D eigenvalue weighted by Gasteiger charge is -1.83. The monoisotopic (exact) mass is 120 g/mol. The lowest BCUT2D eigenvalue weighted by molar-refractivity contribution is 1.48. The van der Waals surface area contributed by atoms with Crippen LogP contribution in [0, 0.1) is 0 Å². The van der Waals surface area contributed by atoms with Crippen LogP contribution in [0.5, 0.6) is 0 Å². The third-order valence-corrected chi connectivity index (χ3v) is 0.916. The number of hydrogen-bond acceptors (Lipinski definition) is 1. The molecule has 44 valence electrons. The summed E-state index contributed by atoms with van der Waals surface area (Å²) in [6, 6.07) is 9.02. The predicted octanol–water partition coefficient (Wildman–Crippen LogP) is 2.63. The van der Waals surface area contributed by atoms with Crippen LogP contribution in [0.3, 0.4) is 0 Å². The Morgan fingerprint density at radius 2 is 1.89 bits per heavy atom. The second kappa shape index (κ2) is 2.74. The normalized spacial score (nSPS) is 8.00. The van der Waals surface area contributed by atoms with Crippen LogP contribution in [-0.4, -0.2) is 0 Å². The van der Waals surface area contributed by atoms with Gasteiger partial charge in [0, 0.05) is 10.6 Å². The van der Waals surface area contributed by atoms with Gasteiger partial charge >= 0.3 is 0 Å². The van der Waals surface area contributed by atoms with Crippen molar-refractivity contribution in [2.75, 3.05) is 0 Å². The van der Waals surface area contributed by atoms with E-state index in [-0.39, 0.29) is 0 Å². The van der Waals surface area contributed by atoms with Crippen molar-refractivity contribution >= 4 is 5.69 Å². The van der Waals surface area contributed by atoms with E-state index in [1.165, 1.54) is 0 Å². The maximum atomic E-state index is 7.98. The minimum Gasteiger partial charge on any atom is -0.0622 e. The van der Waals surface area contributed by atoms with Crippen LogP contribution < -0.4 is 0 Å². The van der Waals surface area contributed by atoms with Crippen molar-refractivity contribution < 1.29 is 0 Å². The molecule has 0 aromatic heterocycles. The summed E-state index contributed by atoms with van der Waals surface area (Å²) in [6.07, 6.45) is 0. The Balaban J connectivity index is 2.97. The molecule has 0 radical (unpaired) electrons. The van der Waals surface area contributed by atoms with Crippen molar-refractivity contribution in [3.05, 3.63) is 40.8 Å². The van der Waals surface area contributed by atoms with Gasteiger partial charge in [0.05, 0.1) is 0 Å². The van der Waals surface area contributed by atoms with Crippen molar-refractivity contribution in [1.82, 2.24) is 0 Å². The Morgan fingerprint density at radius 1 is 1.22 bits per heavy atom. The molecular weight excluding hydrogens is 115 g/mol. The minimum absolute atomic E-state index is 0.653. The van der Waals surface area contributed by atoms with E-state index in [0.717, 1.165) is 0 Å². The first-order chi connectivity index (χ1) is 4.43. The second-order valence-electron chi connectivity index (χ2n) is 1.52. The zero-order valence-electron chi connectivity index (χ0n) is 4.73. The molecule has 0 unspecified atom stereocenters. The van der Waals surface area contributed by atoms with Gasteiger partial charge in [-0.3, -0.25) is 0 Å². The molecule has 1 aromatic carbocycles. The van der Waals surface area contributed by atoms with Crippen molar-refractivity contribution in [3.8, 4) is 0 Å². The molecule has 0 aliphatic heterocycles. The van der Waals surface area contributed by atoms with Gasteiger partial charge in [0.15, 0.2) is 0 Å². The maximum absolute atomic E-state index is 7.98. The van der Waals surface area contributed by atoms with Gasteiger partial charge in [0.2, 0.25) is 0 Å². The maximum Gasteiger partial charge on any atom is 0.0375 e. The summed E-state index contributed by atoms with van der Waals surface area (Å²) in [7, 11) is 0. The van der Waals surface area contributed by atoms with Gasteiger partial charge in [-0.2, -0.15) is 0 Å². The first kappa shape index (κ1) is 5.66. The summed E-state index contributed by atoms with van der Waals surface area (Å²) < 4.78 is 0. The number of hydrogen-bond donors (Lipinski definition) is 0. The summed E-state index contributed by atoms with van der Waals surface area (Å²) in [6.45, 7) is 0. The van der Waals surface area contributed by atoms with Gasteiger partial charge in [-0.25, -0.2) is 0 Å². The lowest BCUT2D eigenvalue weighted by atomic mass is 10.3. The Kier molecular flexibility index (Phi) is 1.73. The van der Waals surface area contributed by atoms with E-state index in [9.17, 15) is 0 Å². The zero-order chi connectivity index (χ0) is 6.53. The molecule has 0 bridgehead atoms. The molecule has 0 N–H and O–H groups in total. The van der Waals surface area contributed by atoms with Crippen LogP contribution in [-0.2, 0) is 0 Å². The quantitative estimate of drug-likeness (QED) is 0.237. The smallest absolute Gasteiger partial charge is 0.0375 e. The Hall–Kier alpha value is -1.47. The van der Waals surface area contributed by atoms with Gasteiger partial charge in [-0.1, -0.05) is 35.4 Å². The Labute approximate surface area is 52.6 Å². The number of benzene rings is 1. The van der Waals surface area contributed by atoms with Crippen LogP contribution in [0.15, 0.2) is 35.4 Å². The molecule has 0 amide bonds. The largest absolute Gasteiger partial charge is 0.0622 e. The number of azide groups is 1. The fourth-order valence-corrected chi connectivity index (χ4v) is 0.546. The van der Waals surface area contributed by atoms with Gasteiger partial charge in [0.25, 0.3) is 0 Å². The molecule has 3 nitrogen and oxygen atoms in total. The predicted molar refractivity (Wildman–Crippen MR) is 35.2 cm³/mol. The molecule has 0 saturated carbocycles. The highest BCUT2D eigenvalue weighted by Gasteiger charge is 1.78. The van der Waals surface area contributed by atoms with Crippen molar-refractivity contribution in [1.29, 1.82) is 0 Å². The molecule has 0 spiro atoms. The molecule has 0 fully saturated rings. The van der Waals surface area contributed by atoms with E-state index >= 15 is 0 Å². The molecule has 3 heteroatoms. The highest BCUT2D eigenvalue weighted by atomic mass is 15.7. The molecule has 0 heterocycles. The number of rotatable bonds is 1. The molecule has 0 aliphatic carbocycles. The zero-order valence-corrected chi connectivity index (χ0v) is 4.73. The highest BCUT2D eigenvalue weighted by Crippen LogP contribution is 2.08. The van der Waals surface area contributed by atoms with Crippen LogP contribution in [0.4, 0.5) is 5.69 Å². The van der Waals surface area contributed by atoms with Gasteiger partial charge in [0.1, 0.15) is 0 Å². The third kappa shape index (κ3) is 1.48. The summed E-state index contributed by atoms with van der Waals surface area (Å²) in [5.74, 6) is 0. The lowest BCUT2D eigenvalue weighted by Crippen LogP contribution is -1.56. The number of nitrogens with zero attached hydrogens (tertiary/aromatic N) is 3. The Morgan fingerprint density at radius 3 is 2.44 bits per heavy atom. The summed E-state index contributed by atoms with van der Waals surface area (Å²) in [4.78, 5) is 2.63. The SMILES string of the molecule is [N-]=[15N+]=Nc1ccccc1. The minimum atomic E-state index is 0.653. The fraction of sp³-hybridized carbons (Fsp3) is 0. The summed E-state index contributed by atoms with van der Waals surface area (Å²) in [5.41, 5.74) is 8.63. The highest BCUT2D eigenvalue weighted by molar-refractivity contribution is 5.35. The van der Waals surface area contributed by atoms with Crippen molar-refractivity contribution in [3.63, 3.8) is 0 Å². The topological polar surface area (TPSA) is 48.8 Å². The van der Waals surface area contributed by atoms with Crippen LogP contribution in [0.2, 0.25) is 0 Å². The summed E-state index contributed by atoms with van der Waals surface area (Å²) in [5, 5.41) is 3.39. The molecule has 1 aromatic rings. The first-order valence-electron chi connectivity index (χ1n) is 2.53. The average Bonchev–Trinajstić information content (AvgIpc) is 1.91. The van der Waals surface area contributed by atoms with Gasteiger partial charge in [-0.15, -0.1) is 0 Å². The second-order valence-corrected chi connectivity index (χ2v) is 1.52. The molecule has 1 rings (SSSR count). The van der Waals surface area contributed by atoms with Crippen molar-refractivity contribution in [2.45, 2.75) is 0 Å². The van der Waals surface area contributed by atoms with E-state index in [4.69, 9.17) is 5.53 Å². The van der Waals surface area contributed by atoms with E-state index in [0.29, 0.717) is 5.69 Å². The van der Waals surface area contributed by atoms with E-state index in [1.54, 1.807) is 12.1 Å². The van der Waals surface area contributed by atoms with Gasteiger partial charge in [-0.05, 0) is 5.53 Å². The molecule has 0 atom stereocenters. The third-order valence-electron chi connectivity index (χ3n) is 0.916.